The van der Waals surface area contributed by atoms with Crippen LogP contribution < -0.4 is 5.32 Å². The summed E-state index contributed by atoms with van der Waals surface area (Å²) in [4.78, 5) is 31.6. The summed E-state index contributed by atoms with van der Waals surface area (Å²) in [5, 5.41) is 4.39. The SMILES string of the molecule is CC(=O)N1CCN(C(=O)CCNc2cccc3cccnc23)CC1. The van der Waals surface area contributed by atoms with Crippen LogP contribution in [0.5, 0.6) is 0 Å². The first-order valence-corrected chi connectivity index (χ1v) is 8.26. The van der Waals surface area contributed by atoms with Gasteiger partial charge in [-0.2, -0.15) is 0 Å². The number of pyridine rings is 1. The average molecular weight is 326 g/mol. The Morgan fingerprint density at radius 2 is 1.79 bits per heavy atom. The molecule has 0 radical (unpaired) electrons. The molecule has 0 spiro atoms. The third-order valence-electron chi connectivity index (χ3n) is 4.36. The van der Waals surface area contributed by atoms with Crippen molar-refractivity contribution in [3.63, 3.8) is 0 Å². The molecule has 0 aliphatic carbocycles. The number of fused-ring (bicyclic) bond motifs is 1. The van der Waals surface area contributed by atoms with E-state index in [9.17, 15) is 9.59 Å². The van der Waals surface area contributed by atoms with E-state index in [4.69, 9.17) is 0 Å². The molecule has 1 aliphatic rings. The molecule has 126 valence electrons. The Balaban J connectivity index is 1.51. The highest BCUT2D eigenvalue weighted by Crippen LogP contribution is 2.20. The van der Waals surface area contributed by atoms with Crippen LogP contribution in [0.4, 0.5) is 5.69 Å². The normalized spacial score (nSPS) is 14.7. The number of piperazine rings is 1. The average Bonchev–Trinajstić information content (AvgIpc) is 2.62. The van der Waals surface area contributed by atoms with Crippen molar-refractivity contribution < 1.29 is 9.59 Å². The van der Waals surface area contributed by atoms with Gasteiger partial charge in [0.2, 0.25) is 11.8 Å². The number of nitrogens with one attached hydrogen (secondary N) is 1. The van der Waals surface area contributed by atoms with Gasteiger partial charge in [0.1, 0.15) is 0 Å². The second-order valence-electron chi connectivity index (χ2n) is 5.94. The predicted octanol–water partition coefficient (Wildman–Crippen LogP) is 1.73. The van der Waals surface area contributed by atoms with Crippen molar-refractivity contribution >= 4 is 28.4 Å². The maximum atomic E-state index is 12.3. The minimum Gasteiger partial charge on any atom is -0.383 e. The molecule has 2 amide bonds. The molecule has 1 fully saturated rings. The Morgan fingerprint density at radius 3 is 2.54 bits per heavy atom. The van der Waals surface area contributed by atoms with E-state index in [1.807, 2.05) is 35.2 Å². The highest BCUT2D eigenvalue weighted by Gasteiger charge is 2.21. The van der Waals surface area contributed by atoms with Crippen molar-refractivity contribution in [1.82, 2.24) is 14.8 Å². The van der Waals surface area contributed by atoms with Crippen molar-refractivity contribution in [2.24, 2.45) is 0 Å². The zero-order valence-electron chi connectivity index (χ0n) is 13.9. The molecule has 6 heteroatoms. The molecule has 24 heavy (non-hydrogen) atoms. The van der Waals surface area contributed by atoms with Crippen LogP contribution in [0, 0.1) is 0 Å². The summed E-state index contributed by atoms with van der Waals surface area (Å²) in [6.07, 6.45) is 2.20. The highest BCUT2D eigenvalue weighted by molar-refractivity contribution is 5.90. The monoisotopic (exact) mass is 326 g/mol. The molecule has 0 bridgehead atoms. The van der Waals surface area contributed by atoms with Gasteiger partial charge in [-0.25, -0.2) is 0 Å². The van der Waals surface area contributed by atoms with Crippen LogP contribution in [0.15, 0.2) is 36.5 Å². The molecule has 1 aromatic carbocycles. The molecular formula is C18H22N4O2. The van der Waals surface area contributed by atoms with Crippen LogP contribution in [0.25, 0.3) is 10.9 Å². The van der Waals surface area contributed by atoms with Crippen molar-refractivity contribution in [1.29, 1.82) is 0 Å². The fourth-order valence-corrected chi connectivity index (χ4v) is 2.98. The molecule has 0 saturated carbocycles. The van der Waals surface area contributed by atoms with Crippen LogP contribution >= 0.6 is 0 Å². The lowest BCUT2D eigenvalue weighted by Crippen LogP contribution is -2.50. The van der Waals surface area contributed by atoms with Crippen molar-refractivity contribution in [2.75, 3.05) is 38.0 Å². The molecule has 3 rings (SSSR count). The number of carbonyl (C=O) groups is 2. The lowest BCUT2D eigenvalue weighted by atomic mass is 10.2. The van der Waals surface area contributed by atoms with Crippen molar-refractivity contribution in [3.05, 3.63) is 36.5 Å². The fourth-order valence-electron chi connectivity index (χ4n) is 2.98. The van der Waals surface area contributed by atoms with Crippen LogP contribution in [-0.2, 0) is 9.59 Å². The summed E-state index contributed by atoms with van der Waals surface area (Å²) >= 11 is 0. The molecule has 6 nitrogen and oxygen atoms in total. The molecule has 1 saturated heterocycles. The number of hydrogen-bond donors (Lipinski definition) is 1. The smallest absolute Gasteiger partial charge is 0.224 e. The number of nitrogens with zero attached hydrogens (tertiary/aromatic N) is 3. The van der Waals surface area contributed by atoms with Crippen LogP contribution in [0.2, 0.25) is 0 Å². The number of anilines is 1. The molecule has 2 heterocycles. The predicted molar refractivity (Wildman–Crippen MR) is 93.7 cm³/mol. The Kier molecular flexibility index (Phi) is 4.93. The van der Waals surface area contributed by atoms with Gasteiger partial charge in [-0.3, -0.25) is 14.6 Å². The zero-order chi connectivity index (χ0) is 16.9. The summed E-state index contributed by atoms with van der Waals surface area (Å²) in [6, 6.07) is 9.91. The summed E-state index contributed by atoms with van der Waals surface area (Å²) in [6.45, 7) is 4.63. The van der Waals surface area contributed by atoms with Crippen LogP contribution in [0.3, 0.4) is 0 Å². The molecule has 2 aromatic rings. The van der Waals surface area contributed by atoms with Crippen molar-refractivity contribution in [2.45, 2.75) is 13.3 Å². The first-order valence-electron chi connectivity index (χ1n) is 8.26. The molecule has 0 unspecified atom stereocenters. The Labute approximate surface area is 141 Å². The largest absolute Gasteiger partial charge is 0.383 e. The van der Waals surface area contributed by atoms with E-state index in [-0.39, 0.29) is 11.8 Å². The first-order chi connectivity index (χ1) is 11.6. The minimum atomic E-state index is 0.0761. The third-order valence-corrected chi connectivity index (χ3v) is 4.36. The first kappa shape index (κ1) is 16.2. The lowest BCUT2D eigenvalue weighted by Gasteiger charge is -2.34. The van der Waals surface area contributed by atoms with Gasteiger partial charge in [-0.05, 0) is 12.1 Å². The molecule has 1 aromatic heterocycles. The van der Waals surface area contributed by atoms with Crippen LogP contribution in [0.1, 0.15) is 13.3 Å². The molecule has 1 N–H and O–H groups in total. The second kappa shape index (κ2) is 7.29. The van der Waals surface area contributed by atoms with E-state index in [2.05, 4.69) is 10.3 Å². The number of para-hydroxylation sites is 1. The minimum absolute atomic E-state index is 0.0761. The van der Waals surface area contributed by atoms with E-state index in [0.29, 0.717) is 39.1 Å². The fraction of sp³-hybridized carbons (Fsp3) is 0.389. The quantitative estimate of drug-likeness (QED) is 0.929. The number of aromatic nitrogens is 1. The van der Waals surface area contributed by atoms with Gasteiger partial charge in [-0.15, -0.1) is 0 Å². The van der Waals surface area contributed by atoms with E-state index >= 15 is 0 Å². The van der Waals surface area contributed by atoms with E-state index in [0.717, 1.165) is 16.6 Å². The number of benzene rings is 1. The zero-order valence-corrected chi connectivity index (χ0v) is 13.9. The number of rotatable bonds is 4. The molecular weight excluding hydrogens is 304 g/mol. The van der Waals surface area contributed by atoms with E-state index < -0.39 is 0 Å². The number of amides is 2. The Morgan fingerprint density at radius 1 is 1.08 bits per heavy atom. The van der Waals surface area contributed by atoms with Crippen LogP contribution in [-0.4, -0.2) is 59.3 Å². The van der Waals surface area contributed by atoms with E-state index in [1.165, 1.54) is 0 Å². The van der Waals surface area contributed by atoms with Gasteiger partial charge < -0.3 is 15.1 Å². The summed E-state index contributed by atoms with van der Waals surface area (Å²) < 4.78 is 0. The Hall–Kier alpha value is -2.63. The number of carbonyl (C=O) groups excluding carboxylic acids is 2. The summed E-state index contributed by atoms with van der Waals surface area (Å²) in [7, 11) is 0. The molecule has 1 aliphatic heterocycles. The second-order valence-corrected chi connectivity index (χ2v) is 5.94. The van der Waals surface area contributed by atoms with Gasteiger partial charge in [-0.1, -0.05) is 18.2 Å². The highest BCUT2D eigenvalue weighted by atomic mass is 16.2. The van der Waals surface area contributed by atoms with Gasteiger partial charge >= 0.3 is 0 Å². The Bertz CT molecular complexity index is 733. The van der Waals surface area contributed by atoms with Gasteiger partial charge in [0.25, 0.3) is 0 Å². The van der Waals surface area contributed by atoms with Gasteiger partial charge in [0, 0.05) is 57.7 Å². The number of hydrogen-bond acceptors (Lipinski definition) is 4. The maximum Gasteiger partial charge on any atom is 0.224 e. The van der Waals surface area contributed by atoms with E-state index in [1.54, 1.807) is 18.0 Å². The lowest BCUT2D eigenvalue weighted by molar-refractivity contribution is -0.138. The maximum absolute atomic E-state index is 12.3. The molecule has 0 atom stereocenters. The summed E-state index contributed by atoms with van der Waals surface area (Å²) in [5.74, 6) is 0.200. The van der Waals surface area contributed by atoms with Gasteiger partial charge in [0.05, 0.1) is 11.2 Å². The standard InChI is InChI=1S/C18H22N4O2/c1-14(23)21-10-12-22(13-11-21)17(24)7-9-19-16-6-2-4-15-5-3-8-20-18(15)16/h2-6,8,19H,7,9-13H2,1H3. The topological polar surface area (TPSA) is 65.5 Å². The summed E-state index contributed by atoms with van der Waals surface area (Å²) in [5.41, 5.74) is 1.87. The van der Waals surface area contributed by atoms with Crippen molar-refractivity contribution in [3.8, 4) is 0 Å². The third kappa shape index (κ3) is 3.64. The van der Waals surface area contributed by atoms with Gasteiger partial charge in [0.15, 0.2) is 0 Å².